The summed E-state index contributed by atoms with van der Waals surface area (Å²) >= 11 is 0. The normalized spacial score (nSPS) is 10.1. The van der Waals surface area contributed by atoms with Crippen LogP contribution in [0.4, 0.5) is 0 Å². The summed E-state index contributed by atoms with van der Waals surface area (Å²) in [6, 6.07) is 17.8. The number of rotatable bonds is 7. The highest BCUT2D eigenvalue weighted by Crippen LogP contribution is 2.24. The van der Waals surface area contributed by atoms with Gasteiger partial charge in [-0.1, -0.05) is 12.7 Å². The number of ether oxygens (including phenoxy) is 4. The van der Waals surface area contributed by atoms with Gasteiger partial charge >= 0.3 is 11.9 Å². The lowest BCUT2D eigenvalue weighted by Gasteiger charge is -2.10. The zero-order chi connectivity index (χ0) is 21.5. The minimum atomic E-state index is -0.545. The van der Waals surface area contributed by atoms with E-state index in [4.69, 9.17) is 18.9 Å². The van der Waals surface area contributed by atoms with E-state index in [2.05, 4.69) is 6.58 Å². The van der Waals surface area contributed by atoms with Crippen LogP contribution in [0.2, 0.25) is 0 Å². The molecule has 0 aliphatic carbocycles. The third kappa shape index (κ3) is 4.86. The molecule has 6 heteroatoms. The second-order valence-corrected chi connectivity index (χ2v) is 6.14. The monoisotopic (exact) mass is 404 g/mol. The van der Waals surface area contributed by atoms with Crippen LogP contribution in [0.15, 0.2) is 73.3 Å². The van der Waals surface area contributed by atoms with Crippen molar-refractivity contribution in [1.29, 1.82) is 0 Å². The summed E-state index contributed by atoms with van der Waals surface area (Å²) < 4.78 is 21.0. The predicted octanol–water partition coefficient (Wildman–Crippen LogP) is 4.79. The lowest BCUT2D eigenvalue weighted by atomic mass is 10.1. The van der Waals surface area contributed by atoms with Crippen LogP contribution in [0.3, 0.4) is 0 Å². The zero-order valence-electron chi connectivity index (χ0n) is 16.6. The highest BCUT2D eigenvalue weighted by molar-refractivity contribution is 5.94. The third-order valence-electron chi connectivity index (χ3n) is 4.26. The summed E-state index contributed by atoms with van der Waals surface area (Å²) in [6.07, 6.45) is 1.50. The molecule has 152 valence electrons. The van der Waals surface area contributed by atoms with E-state index in [0.29, 0.717) is 33.9 Å². The summed E-state index contributed by atoms with van der Waals surface area (Å²) in [5.41, 5.74) is 1.15. The number of hydrogen-bond acceptors (Lipinski definition) is 6. The van der Waals surface area contributed by atoms with Crippen molar-refractivity contribution in [3.05, 3.63) is 90.0 Å². The number of hydrogen-bond donors (Lipinski definition) is 0. The molecule has 3 aromatic carbocycles. The maximum atomic E-state index is 12.4. The minimum Gasteiger partial charge on any atom is -0.497 e. The molecule has 0 atom stereocenters. The Morgan fingerprint density at radius 2 is 1.20 bits per heavy atom. The van der Waals surface area contributed by atoms with Gasteiger partial charge in [0.1, 0.15) is 23.0 Å². The first-order valence-electron chi connectivity index (χ1n) is 9.03. The van der Waals surface area contributed by atoms with Gasteiger partial charge in [-0.15, -0.1) is 0 Å². The molecule has 30 heavy (non-hydrogen) atoms. The number of esters is 2. The van der Waals surface area contributed by atoms with Gasteiger partial charge in [-0.3, -0.25) is 0 Å². The molecule has 3 aromatic rings. The Kier molecular flexibility index (Phi) is 6.49. The molecule has 0 saturated heterocycles. The molecule has 0 unspecified atom stereocenters. The van der Waals surface area contributed by atoms with Gasteiger partial charge in [-0.2, -0.15) is 0 Å². The van der Waals surface area contributed by atoms with Crippen molar-refractivity contribution in [2.75, 3.05) is 14.2 Å². The first-order chi connectivity index (χ1) is 14.5. The molecular formula is C24H20O6. The lowest BCUT2D eigenvalue weighted by Crippen LogP contribution is -2.11. The van der Waals surface area contributed by atoms with Crippen LogP contribution >= 0.6 is 0 Å². The molecule has 0 aromatic heterocycles. The topological polar surface area (TPSA) is 71.1 Å². The Morgan fingerprint density at radius 3 is 1.77 bits per heavy atom. The van der Waals surface area contributed by atoms with E-state index >= 15 is 0 Å². The Labute approximate surface area is 174 Å². The van der Waals surface area contributed by atoms with Crippen molar-refractivity contribution in [3.63, 3.8) is 0 Å². The molecule has 0 saturated carbocycles. The minimum absolute atomic E-state index is 0.284. The van der Waals surface area contributed by atoms with Gasteiger partial charge in [0.25, 0.3) is 0 Å². The van der Waals surface area contributed by atoms with E-state index in [9.17, 15) is 9.59 Å². The van der Waals surface area contributed by atoms with Crippen molar-refractivity contribution >= 4 is 18.0 Å². The average Bonchev–Trinajstić information content (AvgIpc) is 2.79. The highest BCUT2D eigenvalue weighted by Gasteiger charge is 2.15. The highest BCUT2D eigenvalue weighted by atomic mass is 16.5. The van der Waals surface area contributed by atoms with E-state index < -0.39 is 11.9 Å². The van der Waals surface area contributed by atoms with Crippen molar-refractivity contribution < 1.29 is 28.5 Å². The van der Waals surface area contributed by atoms with Crippen molar-refractivity contribution in [1.82, 2.24) is 0 Å². The first-order valence-corrected chi connectivity index (χ1v) is 9.03. The van der Waals surface area contributed by atoms with Crippen LogP contribution in [0.5, 0.6) is 23.0 Å². The van der Waals surface area contributed by atoms with Gasteiger partial charge in [-0.25, -0.2) is 9.59 Å². The number of benzene rings is 3. The second kappa shape index (κ2) is 9.43. The molecule has 0 amide bonds. The van der Waals surface area contributed by atoms with Crippen LogP contribution in [0, 0.1) is 0 Å². The Morgan fingerprint density at radius 1 is 0.700 bits per heavy atom. The third-order valence-corrected chi connectivity index (χ3v) is 4.26. The van der Waals surface area contributed by atoms with E-state index in [1.54, 1.807) is 68.8 Å². The summed E-state index contributed by atoms with van der Waals surface area (Å²) in [7, 11) is 3.10. The second-order valence-electron chi connectivity index (χ2n) is 6.14. The maximum Gasteiger partial charge on any atom is 0.343 e. The fraction of sp³-hybridized carbons (Fsp3) is 0.0833. The molecule has 0 fully saturated rings. The first kappa shape index (κ1) is 20.7. The molecule has 6 nitrogen and oxygen atoms in total. The quantitative estimate of drug-likeness (QED) is 0.417. The van der Waals surface area contributed by atoms with Gasteiger partial charge in [0.15, 0.2) is 0 Å². The average molecular weight is 404 g/mol. The van der Waals surface area contributed by atoms with Gasteiger partial charge < -0.3 is 18.9 Å². The lowest BCUT2D eigenvalue weighted by molar-refractivity contribution is 0.0730. The standard InChI is InChI=1S/C24H20O6/c1-4-16-15-18(24(26)29-21-12-10-20(28-3)11-13-21)7-14-22(16)30-23(25)17-5-8-19(27-2)9-6-17/h4-15H,1H2,2-3H3. The Balaban J connectivity index is 1.73. The molecule has 3 rings (SSSR count). The van der Waals surface area contributed by atoms with Crippen molar-refractivity contribution in [3.8, 4) is 23.0 Å². The fourth-order valence-electron chi connectivity index (χ4n) is 2.62. The smallest absolute Gasteiger partial charge is 0.343 e. The molecule has 0 heterocycles. The molecule has 0 aliphatic rings. The predicted molar refractivity (Wildman–Crippen MR) is 112 cm³/mol. The van der Waals surface area contributed by atoms with Gasteiger partial charge in [0.05, 0.1) is 25.3 Å². The van der Waals surface area contributed by atoms with Crippen molar-refractivity contribution in [2.24, 2.45) is 0 Å². The summed E-state index contributed by atoms with van der Waals surface area (Å²) in [4.78, 5) is 24.8. The van der Waals surface area contributed by atoms with Crippen LogP contribution < -0.4 is 18.9 Å². The Hall–Kier alpha value is -4.06. The van der Waals surface area contributed by atoms with E-state index in [1.165, 1.54) is 18.2 Å². The van der Waals surface area contributed by atoms with Crippen LogP contribution in [0.25, 0.3) is 6.08 Å². The van der Waals surface area contributed by atoms with Crippen LogP contribution in [-0.2, 0) is 0 Å². The van der Waals surface area contributed by atoms with E-state index in [-0.39, 0.29) is 5.75 Å². The maximum absolute atomic E-state index is 12.4. The molecule has 0 spiro atoms. The molecular weight excluding hydrogens is 384 g/mol. The number of carbonyl (C=O) groups is 2. The largest absolute Gasteiger partial charge is 0.497 e. The van der Waals surface area contributed by atoms with E-state index in [1.807, 2.05) is 0 Å². The summed E-state index contributed by atoms with van der Waals surface area (Å²) in [6.45, 7) is 3.72. The number of methoxy groups -OCH3 is 2. The summed E-state index contributed by atoms with van der Waals surface area (Å²) in [5, 5.41) is 0. The van der Waals surface area contributed by atoms with Crippen LogP contribution in [-0.4, -0.2) is 26.2 Å². The zero-order valence-corrected chi connectivity index (χ0v) is 16.6. The number of carbonyl (C=O) groups excluding carboxylic acids is 2. The molecule has 0 bridgehead atoms. The molecule has 0 aliphatic heterocycles. The van der Waals surface area contributed by atoms with Gasteiger partial charge in [-0.05, 0) is 66.7 Å². The molecule has 0 N–H and O–H groups in total. The Bertz CT molecular complexity index is 1050. The molecule has 0 radical (unpaired) electrons. The SMILES string of the molecule is C=Cc1cc(C(=O)Oc2ccc(OC)cc2)ccc1OC(=O)c1ccc(OC)cc1. The summed E-state index contributed by atoms with van der Waals surface area (Å²) in [5.74, 6) is 0.887. The fourth-order valence-corrected chi connectivity index (χ4v) is 2.62. The van der Waals surface area contributed by atoms with E-state index in [0.717, 1.165) is 0 Å². The van der Waals surface area contributed by atoms with Crippen molar-refractivity contribution in [2.45, 2.75) is 0 Å². The van der Waals surface area contributed by atoms with Gasteiger partial charge in [0, 0.05) is 5.56 Å². The van der Waals surface area contributed by atoms with Crippen LogP contribution in [0.1, 0.15) is 26.3 Å². The van der Waals surface area contributed by atoms with Gasteiger partial charge in [0.2, 0.25) is 0 Å².